The van der Waals surface area contributed by atoms with Crippen LogP contribution in [0.1, 0.15) is 68.7 Å². The Balaban J connectivity index is 3.31. The smallest absolute Gasteiger partial charge is 0.147 e. The molecule has 1 saturated carbocycles. The molecule has 116 valence electrons. The molecule has 0 heterocycles. The Kier molecular flexibility index (Phi) is 4.31. The molecule has 0 saturated heterocycles. The second kappa shape index (κ2) is 4.96. The summed E-state index contributed by atoms with van der Waals surface area (Å²) in [5.41, 5.74) is -0.447. The molecule has 2 heteroatoms. The van der Waals surface area contributed by atoms with Crippen molar-refractivity contribution in [2.45, 2.75) is 68.7 Å². The van der Waals surface area contributed by atoms with E-state index in [4.69, 9.17) is 0 Å². The van der Waals surface area contributed by atoms with Gasteiger partial charge in [-0.15, -0.1) is 0 Å². The SMILES string of the molecule is CC(C)(C)C1CC(C(C)(C)C)C(=O)C(C(C)(C)C)C1=O. The van der Waals surface area contributed by atoms with E-state index in [-0.39, 0.29) is 39.6 Å². The van der Waals surface area contributed by atoms with Crippen LogP contribution in [0.4, 0.5) is 0 Å². The fourth-order valence-electron chi connectivity index (χ4n) is 3.42. The van der Waals surface area contributed by atoms with E-state index in [2.05, 4.69) is 41.5 Å². The second-order valence-corrected chi connectivity index (χ2v) is 9.68. The number of carbonyl (C=O) groups excluding carboxylic acids is 2. The maximum absolute atomic E-state index is 12.9. The van der Waals surface area contributed by atoms with Crippen LogP contribution in [0.2, 0.25) is 0 Å². The molecule has 1 rings (SSSR count). The summed E-state index contributed by atoms with van der Waals surface area (Å²) < 4.78 is 0. The van der Waals surface area contributed by atoms with E-state index >= 15 is 0 Å². The Morgan fingerprint density at radius 3 is 1.15 bits per heavy atom. The first-order valence-electron chi connectivity index (χ1n) is 7.75. The van der Waals surface area contributed by atoms with Crippen LogP contribution in [-0.2, 0) is 9.59 Å². The highest BCUT2D eigenvalue weighted by molar-refractivity contribution is 6.07. The van der Waals surface area contributed by atoms with Crippen molar-refractivity contribution in [1.82, 2.24) is 0 Å². The summed E-state index contributed by atoms with van der Waals surface area (Å²) in [5, 5.41) is 0. The molecule has 0 spiro atoms. The standard InChI is InChI=1S/C18H32O2/c1-16(2,3)11-10-12(17(4,5)6)15(20)13(14(11)19)18(7,8)9/h11-13H,10H2,1-9H3. The zero-order valence-corrected chi connectivity index (χ0v) is 14.8. The van der Waals surface area contributed by atoms with Crippen molar-refractivity contribution in [2.75, 3.05) is 0 Å². The average molecular weight is 280 g/mol. The lowest BCUT2D eigenvalue weighted by molar-refractivity contribution is -0.153. The summed E-state index contributed by atoms with van der Waals surface area (Å²) in [6.07, 6.45) is 0.706. The van der Waals surface area contributed by atoms with Crippen molar-refractivity contribution in [3.63, 3.8) is 0 Å². The van der Waals surface area contributed by atoms with Crippen LogP contribution in [0.25, 0.3) is 0 Å². The van der Waals surface area contributed by atoms with Crippen LogP contribution in [0.5, 0.6) is 0 Å². The minimum Gasteiger partial charge on any atom is -0.299 e. The van der Waals surface area contributed by atoms with E-state index in [1.165, 1.54) is 0 Å². The van der Waals surface area contributed by atoms with E-state index in [1.54, 1.807) is 0 Å². The third kappa shape index (κ3) is 3.32. The number of carbonyl (C=O) groups is 2. The summed E-state index contributed by atoms with van der Waals surface area (Å²) in [6, 6.07) is 0. The molecule has 2 atom stereocenters. The minimum absolute atomic E-state index is 0.0198. The first kappa shape index (κ1) is 17.4. The molecule has 20 heavy (non-hydrogen) atoms. The highest BCUT2D eigenvalue weighted by Gasteiger charge is 2.53. The van der Waals surface area contributed by atoms with Crippen molar-refractivity contribution in [3.8, 4) is 0 Å². The fourth-order valence-corrected chi connectivity index (χ4v) is 3.42. The molecule has 0 radical (unpaired) electrons. The van der Waals surface area contributed by atoms with Crippen molar-refractivity contribution in [2.24, 2.45) is 34.0 Å². The summed E-state index contributed by atoms with van der Waals surface area (Å²) >= 11 is 0. The van der Waals surface area contributed by atoms with Crippen molar-refractivity contribution >= 4 is 11.6 Å². The number of hydrogen-bond donors (Lipinski definition) is 0. The van der Waals surface area contributed by atoms with Gasteiger partial charge in [-0.2, -0.15) is 0 Å². The second-order valence-electron chi connectivity index (χ2n) is 9.68. The monoisotopic (exact) mass is 280 g/mol. The van der Waals surface area contributed by atoms with Gasteiger partial charge in [0.15, 0.2) is 0 Å². The highest BCUT2D eigenvalue weighted by atomic mass is 16.2. The highest BCUT2D eigenvalue weighted by Crippen LogP contribution is 2.48. The number of Topliss-reactive ketones (excluding diaryl/α,β-unsaturated/α-hetero) is 2. The molecule has 0 bridgehead atoms. The Labute approximate surface area is 124 Å². The van der Waals surface area contributed by atoms with Gasteiger partial charge in [-0.05, 0) is 22.7 Å². The van der Waals surface area contributed by atoms with Crippen LogP contribution in [0.3, 0.4) is 0 Å². The van der Waals surface area contributed by atoms with E-state index in [0.29, 0.717) is 6.42 Å². The molecule has 0 aromatic rings. The molecule has 2 unspecified atom stereocenters. The Morgan fingerprint density at radius 2 is 0.950 bits per heavy atom. The van der Waals surface area contributed by atoms with Gasteiger partial charge in [0.2, 0.25) is 0 Å². The van der Waals surface area contributed by atoms with Crippen LogP contribution in [0, 0.1) is 34.0 Å². The molecule has 0 N–H and O–H groups in total. The van der Waals surface area contributed by atoms with Crippen molar-refractivity contribution < 1.29 is 9.59 Å². The van der Waals surface area contributed by atoms with E-state index in [9.17, 15) is 9.59 Å². The fraction of sp³-hybridized carbons (Fsp3) is 0.889. The third-order valence-electron chi connectivity index (χ3n) is 4.68. The van der Waals surface area contributed by atoms with Crippen LogP contribution in [0.15, 0.2) is 0 Å². The quantitative estimate of drug-likeness (QED) is 0.612. The lowest BCUT2D eigenvalue weighted by Crippen LogP contribution is -2.53. The van der Waals surface area contributed by atoms with Crippen molar-refractivity contribution in [1.29, 1.82) is 0 Å². The van der Waals surface area contributed by atoms with E-state index in [1.807, 2.05) is 20.8 Å². The van der Waals surface area contributed by atoms with Gasteiger partial charge in [-0.3, -0.25) is 9.59 Å². The normalized spacial score (nSPS) is 29.8. The molecule has 0 aromatic heterocycles. The number of ketones is 2. The lowest BCUT2D eigenvalue weighted by atomic mass is 9.55. The van der Waals surface area contributed by atoms with Gasteiger partial charge in [-0.25, -0.2) is 0 Å². The molecular formula is C18H32O2. The predicted molar refractivity (Wildman–Crippen MR) is 83.5 cm³/mol. The number of hydrogen-bond acceptors (Lipinski definition) is 2. The van der Waals surface area contributed by atoms with Crippen LogP contribution >= 0.6 is 0 Å². The summed E-state index contributed by atoms with van der Waals surface area (Å²) in [6.45, 7) is 18.7. The van der Waals surface area contributed by atoms with Crippen molar-refractivity contribution in [3.05, 3.63) is 0 Å². The molecule has 1 aliphatic carbocycles. The average Bonchev–Trinajstić information content (AvgIpc) is 2.10. The van der Waals surface area contributed by atoms with E-state index < -0.39 is 5.92 Å². The predicted octanol–water partition coefficient (Wildman–Crippen LogP) is 4.52. The zero-order valence-electron chi connectivity index (χ0n) is 14.8. The van der Waals surface area contributed by atoms with Gasteiger partial charge >= 0.3 is 0 Å². The summed E-state index contributed by atoms with van der Waals surface area (Å²) in [4.78, 5) is 25.8. The maximum atomic E-state index is 12.9. The first-order chi connectivity index (χ1) is 8.67. The third-order valence-corrected chi connectivity index (χ3v) is 4.68. The zero-order chi connectivity index (χ0) is 16.1. The molecule has 1 fully saturated rings. The Hall–Kier alpha value is -0.660. The lowest BCUT2D eigenvalue weighted by Gasteiger charge is -2.46. The Bertz CT molecular complexity index is 367. The van der Waals surface area contributed by atoms with Gasteiger partial charge < -0.3 is 0 Å². The first-order valence-corrected chi connectivity index (χ1v) is 7.75. The largest absolute Gasteiger partial charge is 0.299 e. The molecule has 1 aliphatic rings. The number of rotatable bonds is 0. The van der Waals surface area contributed by atoms with E-state index in [0.717, 1.165) is 0 Å². The summed E-state index contributed by atoms with van der Waals surface area (Å²) in [7, 11) is 0. The minimum atomic E-state index is -0.454. The van der Waals surface area contributed by atoms with Gasteiger partial charge in [0.05, 0.1) is 5.92 Å². The van der Waals surface area contributed by atoms with Crippen LogP contribution in [-0.4, -0.2) is 11.6 Å². The van der Waals surface area contributed by atoms with Gasteiger partial charge in [-0.1, -0.05) is 62.3 Å². The topological polar surface area (TPSA) is 34.1 Å². The molecule has 0 amide bonds. The molecule has 2 nitrogen and oxygen atoms in total. The molecule has 0 aliphatic heterocycles. The van der Waals surface area contributed by atoms with Gasteiger partial charge in [0.25, 0.3) is 0 Å². The van der Waals surface area contributed by atoms with Gasteiger partial charge in [0.1, 0.15) is 11.6 Å². The van der Waals surface area contributed by atoms with Gasteiger partial charge in [0, 0.05) is 11.8 Å². The summed E-state index contributed by atoms with van der Waals surface area (Å²) in [5.74, 6) is -0.169. The maximum Gasteiger partial charge on any atom is 0.147 e. The molecular weight excluding hydrogens is 248 g/mol. The van der Waals surface area contributed by atoms with Crippen LogP contribution < -0.4 is 0 Å². The Morgan fingerprint density at radius 1 is 0.650 bits per heavy atom. The molecule has 0 aromatic carbocycles.